The van der Waals surface area contributed by atoms with E-state index in [0.717, 1.165) is 17.5 Å². The largest absolute Gasteiger partial charge is 0.776 e. The van der Waals surface area contributed by atoms with Gasteiger partial charge in [0.2, 0.25) is 11.9 Å². The number of imidazole rings is 2. The van der Waals surface area contributed by atoms with Crippen LogP contribution in [-0.4, -0.2) is 84.7 Å². The summed E-state index contributed by atoms with van der Waals surface area (Å²) in [5, 5.41) is -1.26. The molecule has 17 nitrogen and oxygen atoms in total. The van der Waals surface area contributed by atoms with Gasteiger partial charge in [-0.25, -0.2) is 9.97 Å². The van der Waals surface area contributed by atoms with E-state index in [-0.39, 0.29) is 40.4 Å². The minimum atomic E-state index is -4.53. The number of hydrogen-bond donors (Lipinski definition) is 4. The van der Waals surface area contributed by atoms with Gasteiger partial charge in [0.25, 0.3) is 5.56 Å². The van der Waals surface area contributed by atoms with Crippen molar-refractivity contribution < 1.29 is 28.4 Å². The first-order valence-electron chi connectivity index (χ1n) is 11.7. The van der Waals surface area contributed by atoms with Gasteiger partial charge in [-0.1, -0.05) is 27.9 Å². The highest BCUT2D eigenvalue weighted by molar-refractivity contribution is 8.05. The lowest BCUT2D eigenvalue weighted by molar-refractivity contribution is -0.201. The molecule has 0 aromatic carbocycles. The Hall–Kier alpha value is -2.34. The highest BCUT2D eigenvalue weighted by Crippen LogP contribution is 2.48. The number of nitrogens with two attached hydrogens (primary N) is 2. The molecular formula is C19H23ClN10O7P2S2. The average molecular weight is 665 g/mol. The van der Waals surface area contributed by atoms with Crippen LogP contribution in [-0.2, 0) is 31.7 Å². The van der Waals surface area contributed by atoms with Crippen molar-refractivity contribution in [1.29, 1.82) is 0 Å². The summed E-state index contributed by atoms with van der Waals surface area (Å²) in [6, 6.07) is 0. The molecule has 2 saturated heterocycles. The van der Waals surface area contributed by atoms with E-state index >= 15 is 0 Å². The first-order chi connectivity index (χ1) is 19.4. The van der Waals surface area contributed by atoms with Crippen molar-refractivity contribution >= 4 is 84.7 Å². The fourth-order valence-electron chi connectivity index (χ4n) is 4.02. The number of thioether (sulfide) groups is 2. The van der Waals surface area contributed by atoms with Crippen LogP contribution in [0, 0.1) is 0 Å². The topological polar surface area (TPSA) is 255 Å². The fraction of sp³-hybridized carbons (Fsp3) is 0.474. The highest BCUT2D eigenvalue weighted by Gasteiger charge is 2.37. The molecule has 6 N–H and O–H groups in total. The van der Waals surface area contributed by atoms with Crippen LogP contribution in [0.1, 0.15) is 0 Å². The van der Waals surface area contributed by atoms with Crippen LogP contribution >= 0.6 is 50.5 Å². The van der Waals surface area contributed by atoms with E-state index < -0.39 is 32.2 Å². The number of rotatable bonds is 6. The third-order valence-electron chi connectivity index (χ3n) is 5.76. The minimum absolute atomic E-state index is 0.0312. The Morgan fingerprint density at radius 1 is 1.12 bits per heavy atom. The van der Waals surface area contributed by atoms with Crippen LogP contribution in [0.15, 0.2) is 17.4 Å². The molecule has 0 bridgehead atoms. The normalized spacial score (nSPS) is 24.3. The number of nitrogen functional groups attached to an aromatic ring is 2. The van der Waals surface area contributed by atoms with Crippen LogP contribution in [0.2, 0.25) is 5.15 Å². The number of aromatic amines is 1. The second-order valence-corrected chi connectivity index (χ2v) is 15.3. The first-order valence-corrected chi connectivity index (χ1v) is 17.6. The van der Waals surface area contributed by atoms with Crippen LogP contribution in [0.4, 0.5) is 11.9 Å². The summed E-state index contributed by atoms with van der Waals surface area (Å²) in [6.45, 7) is 2.49. The zero-order valence-corrected chi connectivity index (χ0v) is 25.2. The molecule has 6 rings (SSSR count). The van der Waals surface area contributed by atoms with E-state index in [1.165, 1.54) is 6.33 Å². The molecular weight excluding hydrogens is 642 g/mol. The Balaban J connectivity index is 0.000000165. The van der Waals surface area contributed by atoms with Crippen molar-refractivity contribution in [1.82, 2.24) is 39.0 Å². The van der Waals surface area contributed by atoms with Gasteiger partial charge in [-0.05, 0) is 0 Å². The van der Waals surface area contributed by atoms with E-state index in [1.54, 1.807) is 29.3 Å². The van der Waals surface area contributed by atoms with Gasteiger partial charge in [0.1, 0.15) is 12.2 Å². The first kappa shape index (κ1) is 30.1. The number of aromatic nitrogens is 8. The van der Waals surface area contributed by atoms with Gasteiger partial charge in [0.05, 0.1) is 38.0 Å². The monoisotopic (exact) mass is 664 g/mol. The Morgan fingerprint density at radius 3 is 2.34 bits per heavy atom. The summed E-state index contributed by atoms with van der Waals surface area (Å²) in [5.74, 6) is 1.25. The van der Waals surface area contributed by atoms with Gasteiger partial charge >= 0.3 is 13.0 Å². The van der Waals surface area contributed by atoms with Crippen LogP contribution in [0.5, 0.6) is 0 Å². The predicted molar refractivity (Wildman–Crippen MR) is 153 cm³/mol. The smallest absolute Gasteiger partial charge is 0.378 e. The van der Waals surface area contributed by atoms with Crippen LogP contribution in [0.3, 0.4) is 0 Å². The van der Waals surface area contributed by atoms with Gasteiger partial charge in [-0.15, -0.1) is 11.8 Å². The van der Waals surface area contributed by atoms with Gasteiger partial charge in [0, 0.05) is 11.5 Å². The quantitative estimate of drug-likeness (QED) is 0.162. The zero-order chi connectivity index (χ0) is 29.5. The van der Waals surface area contributed by atoms with Crippen molar-refractivity contribution in [3.8, 4) is 0 Å². The third kappa shape index (κ3) is 6.84. The minimum Gasteiger partial charge on any atom is -0.776 e. The number of H-pyrrole nitrogens is 1. The maximum absolute atomic E-state index is 11.6. The number of halogens is 1. The molecule has 6 atom stereocenters. The van der Waals surface area contributed by atoms with Gasteiger partial charge in [0.15, 0.2) is 34.7 Å². The molecule has 6 unspecified atom stereocenters. The summed E-state index contributed by atoms with van der Waals surface area (Å²) < 4.78 is 36.8. The lowest BCUT2D eigenvalue weighted by atomic mass is 10.4. The van der Waals surface area contributed by atoms with Gasteiger partial charge < -0.3 is 44.4 Å². The highest BCUT2D eigenvalue weighted by atomic mass is 35.5. The van der Waals surface area contributed by atoms with Crippen molar-refractivity contribution in [2.75, 3.05) is 29.6 Å². The number of anilines is 2. The molecule has 6 heterocycles. The van der Waals surface area contributed by atoms with E-state index in [4.69, 9.17) is 37.4 Å². The van der Waals surface area contributed by atoms with E-state index in [0.29, 0.717) is 29.1 Å². The molecule has 0 spiro atoms. The molecule has 0 radical (unpaired) electrons. The van der Waals surface area contributed by atoms with E-state index in [1.807, 2.05) is 4.57 Å². The molecule has 2 fully saturated rings. The maximum Gasteiger partial charge on any atom is 0.378 e. The van der Waals surface area contributed by atoms with Crippen molar-refractivity contribution in [2.45, 2.75) is 35.7 Å². The molecule has 41 heavy (non-hydrogen) atoms. The van der Waals surface area contributed by atoms with Gasteiger partial charge in [-0.3, -0.25) is 9.78 Å². The van der Waals surface area contributed by atoms with Crippen LogP contribution in [0.25, 0.3) is 22.3 Å². The Morgan fingerprint density at radius 2 is 1.73 bits per heavy atom. The summed E-state index contributed by atoms with van der Waals surface area (Å²) in [5.41, 5.74) is 12.2. The summed E-state index contributed by atoms with van der Waals surface area (Å²) in [4.78, 5) is 54.1. The Bertz CT molecular complexity index is 1710. The fourth-order valence-corrected chi connectivity index (χ4v) is 8.62. The second-order valence-electron chi connectivity index (χ2n) is 8.87. The number of nitrogens with zero attached hydrogens (tertiary/aromatic N) is 7. The SMILES string of the molecule is C[P+](=O)C1OC(Cn2cnc3c(Cl)nc(N)nc32)CS1.Nc1nc2c(ncn2CC2CSC(P(=O)([O-])O)O2)c(=O)[nH]1. The number of fused-ring (bicyclic) bond motifs is 2. The van der Waals surface area contributed by atoms with Crippen molar-refractivity contribution in [3.05, 3.63) is 28.2 Å². The second kappa shape index (κ2) is 12.1. The number of hydrogen-bond acceptors (Lipinski definition) is 15. The van der Waals surface area contributed by atoms with Crippen LogP contribution < -0.4 is 21.9 Å². The summed E-state index contributed by atoms with van der Waals surface area (Å²) in [7, 11) is -5.87. The standard InChI is InChI=1S/C10H12ClN5O2PS.C9H12N5O5PS/c1-19(17)10-18-5(3-20-10)2-16-4-13-6-7(11)14-9(12)15-8(6)16;10-8-12-6-5(7(15)13-8)11-3-14(6)1-4-2-21-9(19-4)20(16,17)18/h4-5,10H,2-3H2,1H3,(H2,12,14,15);3-4,9H,1-2H2,(H2,16,17,18)(H3,10,12,13,15)/q+1;/p-1. The van der Waals surface area contributed by atoms with E-state index in [2.05, 4.69) is 29.9 Å². The van der Waals surface area contributed by atoms with Gasteiger partial charge in [-0.2, -0.15) is 15.0 Å². The Kier molecular flexibility index (Phi) is 8.90. The molecule has 2 aliphatic heterocycles. The maximum atomic E-state index is 11.6. The number of ether oxygens (including phenoxy) is 2. The summed E-state index contributed by atoms with van der Waals surface area (Å²) in [6.07, 6.45) is 2.56. The molecule has 22 heteroatoms. The average Bonchev–Trinajstić information content (AvgIpc) is 3.68. The molecule has 0 aliphatic carbocycles. The predicted octanol–water partition coefficient (Wildman–Crippen LogP) is 0.598. The molecule has 0 saturated carbocycles. The molecule has 0 amide bonds. The lowest BCUT2D eigenvalue weighted by Gasteiger charge is -2.22. The molecule has 220 valence electrons. The van der Waals surface area contributed by atoms with E-state index in [9.17, 15) is 18.8 Å². The molecule has 4 aromatic rings. The van der Waals surface area contributed by atoms with Crippen molar-refractivity contribution in [2.24, 2.45) is 0 Å². The number of nitrogens with one attached hydrogen (secondary N) is 1. The third-order valence-corrected chi connectivity index (χ3v) is 11.9. The Labute approximate surface area is 245 Å². The van der Waals surface area contributed by atoms with Crippen molar-refractivity contribution in [3.63, 3.8) is 0 Å². The lowest BCUT2D eigenvalue weighted by Crippen LogP contribution is -2.21. The molecule has 2 aliphatic rings. The zero-order valence-electron chi connectivity index (χ0n) is 21.1. The molecule has 4 aromatic heterocycles. The summed E-state index contributed by atoms with van der Waals surface area (Å²) >= 11 is 8.54.